The molecule has 1 atom stereocenters. The molecule has 2 aromatic rings. The average Bonchev–Trinajstić information content (AvgIpc) is 3.12. The van der Waals surface area contributed by atoms with Crippen LogP contribution in [-0.4, -0.2) is 41.7 Å². The molecular formula is C17H21N3O5. The van der Waals surface area contributed by atoms with Crippen LogP contribution in [0, 0.1) is 0 Å². The Labute approximate surface area is 145 Å². The number of amides is 1. The first-order chi connectivity index (χ1) is 12.2. The number of carboxylic acid groups (broad SMARTS) is 1. The van der Waals surface area contributed by atoms with Crippen LogP contribution in [-0.2, 0) is 11.2 Å². The predicted octanol–water partition coefficient (Wildman–Crippen LogP) is 2.52. The third kappa shape index (κ3) is 4.48. The highest BCUT2D eigenvalue weighted by molar-refractivity contribution is 5.65. The maximum absolute atomic E-state index is 11.1. The summed E-state index contributed by atoms with van der Waals surface area (Å²) in [6.45, 7) is 1.34. The summed E-state index contributed by atoms with van der Waals surface area (Å²) in [7, 11) is 1.60. The number of hydrogen-bond donors (Lipinski definition) is 2. The van der Waals surface area contributed by atoms with Crippen molar-refractivity contribution < 1.29 is 23.9 Å². The van der Waals surface area contributed by atoms with Crippen molar-refractivity contribution >= 4 is 6.09 Å². The highest BCUT2D eigenvalue weighted by Crippen LogP contribution is 2.27. The lowest BCUT2D eigenvalue weighted by molar-refractivity contribution is 0.0778. The van der Waals surface area contributed by atoms with Gasteiger partial charge in [-0.05, 0) is 30.5 Å². The Bertz CT molecular complexity index is 695. The molecule has 1 aromatic heterocycles. The van der Waals surface area contributed by atoms with E-state index in [1.807, 2.05) is 24.3 Å². The molecule has 1 saturated heterocycles. The molecular weight excluding hydrogens is 326 g/mol. The zero-order valence-electron chi connectivity index (χ0n) is 14.0. The minimum atomic E-state index is -1.13. The standard InChI is InChI=1S/C17H21N3O5/c1-23-13-4-2-11(3-5-13)10-14(18-17(21)22)15-19-16(25-20-15)12-6-8-24-9-7-12/h2-5,12,14,18H,6-10H2,1H3,(H,21,22). The van der Waals surface area contributed by atoms with Crippen molar-refractivity contribution in [2.75, 3.05) is 20.3 Å². The van der Waals surface area contributed by atoms with Crippen LogP contribution < -0.4 is 10.1 Å². The summed E-state index contributed by atoms with van der Waals surface area (Å²) in [5, 5.41) is 15.6. The Kier molecular flexibility index (Phi) is 5.49. The second-order valence-corrected chi connectivity index (χ2v) is 5.93. The molecule has 0 saturated carbocycles. The van der Waals surface area contributed by atoms with Crippen LogP contribution >= 0.6 is 0 Å². The molecule has 8 heteroatoms. The molecule has 1 fully saturated rings. The Morgan fingerprint density at radius 1 is 1.36 bits per heavy atom. The van der Waals surface area contributed by atoms with E-state index in [9.17, 15) is 4.79 Å². The third-order valence-electron chi connectivity index (χ3n) is 4.24. The third-order valence-corrected chi connectivity index (χ3v) is 4.24. The van der Waals surface area contributed by atoms with Crippen LogP contribution in [0.4, 0.5) is 4.79 Å². The molecule has 1 unspecified atom stereocenters. The van der Waals surface area contributed by atoms with Crippen LogP contribution in [0.5, 0.6) is 5.75 Å². The van der Waals surface area contributed by atoms with Crippen molar-refractivity contribution in [1.82, 2.24) is 15.5 Å². The van der Waals surface area contributed by atoms with Crippen molar-refractivity contribution in [3.63, 3.8) is 0 Å². The first kappa shape index (κ1) is 17.2. The van der Waals surface area contributed by atoms with Gasteiger partial charge in [-0.25, -0.2) is 4.79 Å². The van der Waals surface area contributed by atoms with Gasteiger partial charge in [-0.15, -0.1) is 0 Å². The van der Waals surface area contributed by atoms with Gasteiger partial charge < -0.3 is 24.4 Å². The van der Waals surface area contributed by atoms with Gasteiger partial charge in [0.15, 0.2) is 5.82 Å². The van der Waals surface area contributed by atoms with Crippen LogP contribution in [0.2, 0.25) is 0 Å². The molecule has 0 aliphatic carbocycles. The molecule has 0 bridgehead atoms. The van der Waals surface area contributed by atoms with Gasteiger partial charge in [-0.2, -0.15) is 4.98 Å². The Balaban J connectivity index is 1.75. The van der Waals surface area contributed by atoms with Gasteiger partial charge in [0.05, 0.1) is 13.2 Å². The van der Waals surface area contributed by atoms with Gasteiger partial charge in [-0.1, -0.05) is 17.3 Å². The Hall–Kier alpha value is -2.61. The topological polar surface area (TPSA) is 107 Å². The van der Waals surface area contributed by atoms with Crippen molar-refractivity contribution in [3.05, 3.63) is 41.5 Å². The molecule has 3 rings (SSSR count). The van der Waals surface area contributed by atoms with Crippen LogP contribution in [0.15, 0.2) is 28.8 Å². The fraction of sp³-hybridized carbons (Fsp3) is 0.471. The van der Waals surface area contributed by atoms with Gasteiger partial charge in [0, 0.05) is 25.6 Å². The van der Waals surface area contributed by atoms with Crippen LogP contribution in [0.1, 0.15) is 42.1 Å². The summed E-state index contributed by atoms with van der Waals surface area (Å²) in [6.07, 6.45) is 0.952. The monoisotopic (exact) mass is 347 g/mol. The normalized spacial score (nSPS) is 16.4. The van der Waals surface area contributed by atoms with E-state index in [1.165, 1.54) is 0 Å². The highest BCUT2D eigenvalue weighted by Gasteiger charge is 2.26. The number of aromatic nitrogens is 2. The van der Waals surface area contributed by atoms with Crippen molar-refractivity contribution in [2.45, 2.75) is 31.2 Å². The zero-order valence-corrected chi connectivity index (χ0v) is 14.0. The number of methoxy groups -OCH3 is 1. The molecule has 2 N–H and O–H groups in total. The Morgan fingerprint density at radius 3 is 2.72 bits per heavy atom. The van der Waals surface area contributed by atoms with Gasteiger partial charge in [0.2, 0.25) is 5.89 Å². The molecule has 134 valence electrons. The number of ether oxygens (including phenoxy) is 2. The van der Waals surface area contributed by atoms with E-state index in [-0.39, 0.29) is 5.92 Å². The second kappa shape index (κ2) is 7.98. The molecule has 0 spiro atoms. The van der Waals surface area contributed by atoms with Crippen molar-refractivity contribution in [2.24, 2.45) is 0 Å². The molecule has 25 heavy (non-hydrogen) atoms. The summed E-state index contributed by atoms with van der Waals surface area (Å²) in [5.41, 5.74) is 0.942. The predicted molar refractivity (Wildman–Crippen MR) is 87.7 cm³/mol. The first-order valence-corrected chi connectivity index (χ1v) is 8.19. The summed E-state index contributed by atoms with van der Waals surface area (Å²) >= 11 is 0. The lowest BCUT2D eigenvalue weighted by Crippen LogP contribution is -2.29. The van der Waals surface area contributed by atoms with Gasteiger partial charge in [-0.3, -0.25) is 0 Å². The summed E-state index contributed by atoms with van der Waals surface area (Å²) in [4.78, 5) is 15.6. The Morgan fingerprint density at radius 2 is 2.08 bits per heavy atom. The summed E-state index contributed by atoms with van der Waals surface area (Å²) in [5.74, 6) is 1.80. The lowest BCUT2D eigenvalue weighted by atomic mass is 10.0. The largest absolute Gasteiger partial charge is 0.497 e. The zero-order chi connectivity index (χ0) is 17.6. The maximum atomic E-state index is 11.1. The molecule has 1 aliphatic heterocycles. The quantitative estimate of drug-likeness (QED) is 0.827. The molecule has 1 aromatic carbocycles. The number of hydrogen-bond acceptors (Lipinski definition) is 6. The summed E-state index contributed by atoms with van der Waals surface area (Å²) in [6, 6.07) is 6.85. The van der Waals surface area contributed by atoms with E-state index < -0.39 is 12.1 Å². The van der Waals surface area contributed by atoms with Crippen LogP contribution in [0.3, 0.4) is 0 Å². The fourth-order valence-corrected chi connectivity index (χ4v) is 2.85. The maximum Gasteiger partial charge on any atom is 0.405 e. The number of nitrogens with one attached hydrogen (secondary N) is 1. The van der Waals surface area contributed by atoms with E-state index in [0.29, 0.717) is 31.3 Å². The van der Waals surface area contributed by atoms with Crippen molar-refractivity contribution in [1.29, 1.82) is 0 Å². The summed E-state index contributed by atoms with van der Waals surface area (Å²) < 4.78 is 15.8. The smallest absolute Gasteiger partial charge is 0.405 e. The van der Waals surface area contributed by atoms with Crippen LogP contribution in [0.25, 0.3) is 0 Å². The van der Waals surface area contributed by atoms with Gasteiger partial charge in [0.1, 0.15) is 5.75 Å². The van der Waals surface area contributed by atoms with E-state index in [0.717, 1.165) is 24.2 Å². The van der Waals surface area contributed by atoms with E-state index in [4.69, 9.17) is 19.1 Å². The average molecular weight is 347 g/mol. The molecule has 8 nitrogen and oxygen atoms in total. The lowest BCUT2D eigenvalue weighted by Gasteiger charge is -2.18. The molecule has 2 heterocycles. The first-order valence-electron chi connectivity index (χ1n) is 8.19. The number of benzene rings is 1. The van der Waals surface area contributed by atoms with Crippen molar-refractivity contribution in [3.8, 4) is 5.75 Å². The number of nitrogens with zero attached hydrogens (tertiary/aromatic N) is 2. The molecule has 1 aliphatic rings. The van der Waals surface area contributed by atoms with E-state index >= 15 is 0 Å². The minimum Gasteiger partial charge on any atom is -0.497 e. The van der Waals surface area contributed by atoms with Gasteiger partial charge in [0.25, 0.3) is 0 Å². The molecule has 0 radical (unpaired) electrons. The second-order valence-electron chi connectivity index (χ2n) is 5.93. The van der Waals surface area contributed by atoms with Gasteiger partial charge >= 0.3 is 6.09 Å². The SMILES string of the molecule is COc1ccc(CC(NC(=O)O)c2noc(C3CCOCC3)n2)cc1. The molecule has 1 amide bonds. The number of carbonyl (C=O) groups is 1. The van der Waals surface area contributed by atoms with E-state index in [2.05, 4.69) is 15.5 Å². The fourth-order valence-electron chi connectivity index (χ4n) is 2.85. The minimum absolute atomic E-state index is 0.168. The highest BCUT2D eigenvalue weighted by atomic mass is 16.5. The number of rotatable bonds is 6. The van der Waals surface area contributed by atoms with E-state index in [1.54, 1.807) is 7.11 Å².